The lowest BCUT2D eigenvalue weighted by Gasteiger charge is -2.09. The number of hydrogen-bond acceptors (Lipinski definition) is 6. The van der Waals surface area contributed by atoms with Gasteiger partial charge in [-0.15, -0.1) is 10.2 Å². The number of hydrogen-bond donors (Lipinski definition) is 1. The molecule has 0 radical (unpaired) electrons. The van der Waals surface area contributed by atoms with E-state index in [2.05, 4.69) is 31.4 Å². The predicted octanol–water partition coefficient (Wildman–Crippen LogP) is 4.73. The van der Waals surface area contributed by atoms with Gasteiger partial charge in [-0.2, -0.15) is 0 Å². The van der Waals surface area contributed by atoms with E-state index in [1.807, 2.05) is 48.0 Å². The molecule has 0 aliphatic heterocycles. The molecule has 0 fully saturated rings. The second-order valence-corrected chi connectivity index (χ2v) is 8.05. The van der Waals surface area contributed by atoms with Gasteiger partial charge in [-0.25, -0.2) is 0 Å². The molecule has 1 N–H and O–H groups in total. The second-order valence-electron chi connectivity index (χ2n) is 6.20. The number of amides is 1. The van der Waals surface area contributed by atoms with Crippen molar-refractivity contribution in [3.63, 3.8) is 0 Å². The smallest absolute Gasteiger partial charge is 0.234 e. The first-order valence-corrected chi connectivity index (χ1v) is 10.5. The highest BCUT2D eigenvalue weighted by molar-refractivity contribution is 9.10. The van der Waals surface area contributed by atoms with E-state index >= 15 is 0 Å². The normalized spacial score (nSPS) is 11.0. The fraction of sp³-hybridized carbons (Fsp3) is 0.150. The Morgan fingerprint density at radius 2 is 2.07 bits per heavy atom. The van der Waals surface area contributed by atoms with Crippen molar-refractivity contribution in [2.75, 3.05) is 18.2 Å². The van der Waals surface area contributed by atoms with Gasteiger partial charge >= 0.3 is 0 Å². The van der Waals surface area contributed by atoms with E-state index in [1.54, 1.807) is 19.2 Å². The molecule has 2 aromatic carbocycles. The Balaban J connectivity index is 1.46. The summed E-state index contributed by atoms with van der Waals surface area (Å²) < 4.78 is 13.9. The minimum Gasteiger partial charge on any atom is -0.495 e. The Hall–Kier alpha value is -2.78. The van der Waals surface area contributed by atoms with Crippen LogP contribution in [0.2, 0.25) is 0 Å². The van der Waals surface area contributed by atoms with Crippen molar-refractivity contribution < 1.29 is 13.9 Å². The zero-order chi connectivity index (χ0) is 20.4. The lowest BCUT2D eigenvalue weighted by atomic mass is 10.2. The molecule has 0 atom stereocenters. The molecule has 4 aromatic rings. The molecular weight excluding hydrogens is 456 g/mol. The third-order valence-corrected chi connectivity index (χ3v) is 5.76. The Morgan fingerprint density at radius 3 is 2.90 bits per heavy atom. The largest absolute Gasteiger partial charge is 0.495 e. The van der Waals surface area contributed by atoms with Gasteiger partial charge in [0.25, 0.3) is 0 Å². The molecule has 0 spiro atoms. The Bertz CT molecular complexity index is 1190. The number of ether oxygens (including phenoxy) is 1. The van der Waals surface area contributed by atoms with E-state index in [1.165, 1.54) is 11.8 Å². The first-order valence-electron chi connectivity index (χ1n) is 8.69. The van der Waals surface area contributed by atoms with E-state index in [4.69, 9.17) is 9.15 Å². The summed E-state index contributed by atoms with van der Waals surface area (Å²) in [5.41, 5.74) is 1.41. The second kappa shape index (κ2) is 8.30. The zero-order valence-corrected chi connectivity index (χ0v) is 18.1. The maximum absolute atomic E-state index is 12.3. The van der Waals surface area contributed by atoms with Crippen LogP contribution < -0.4 is 10.1 Å². The number of rotatable bonds is 6. The number of fused-ring (bicyclic) bond motifs is 1. The Morgan fingerprint density at radius 1 is 1.24 bits per heavy atom. The molecule has 0 aliphatic carbocycles. The summed E-state index contributed by atoms with van der Waals surface area (Å²) in [6, 6.07) is 15.0. The standard InChI is InChI=1S/C20H17BrN4O3S/c1-25-19(17-10-12-9-13(21)7-8-15(12)28-17)23-24-20(25)29-11-18(26)22-14-5-3-4-6-16(14)27-2/h3-10H,11H2,1-2H3,(H,22,26). The molecule has 2 heterocycles. The number of furan rings is 1. The van der Waals surface area contributed by atoms with E-state index in [0.717, 1.165) is 15.4 Å². The summed E-state index contributed by atoms with van der Waals surface area (Å²) in [5.74, 6) is 1.88. The summed E-state index contributed by atoms with van der Waals surface area (Å²) >= 11 is 4.76. The Labute approximate surface area is 179 Å². The van der Waals surface area contributed by atoms with Crippen LogP contribution in [0.15, 0.2) is 62.6 Å². The highest BCUT2D eigenvalue weighted by atomic mass is 79.9. The fourth-order valence-electron chi connectivity index (χ4n) is 2.84. The molecule has 0 bridgehead atoms. The highest BCUT2D eigenvalue weighted by Crippen LogP contribution is 2.30. The van der Waals surface area contributed by atoms with Crippen molar-refractivity contribution in [2.24, 2.45) is 7.05 Å². The average molecular weight is 473 g/mol. The average Bonchev–Trinajstić information content (AvgIpc) is 3.29. The molecule has 0 saturated heterocycles. The number of halogens is 1. The van der Waals surface area contributed by atoms with Crippen LogP contribution in [0.1, 0.15) is 0 Å². The third kappa shape index (κ3) is 4.15. The number of thioether (sulfide) groups is 1. The summed E-state index contributed by atoms with van der Waals surface area (Å²) in [7, 11) is 3.41. The number of carbonyl (C=O) groups is 1. The van der Waals surface area contributed by atoms with Crippen LogP contribution in [0.3, 0.4) is 0 Å². The minimum absolute atomic E-state index is 0.155. The number of anilines is 1. The van der Waals surface area contributed by atoms with Gasteiger partial charge in [0.15, 0.2) is 16.7 Å². The molecule has 1 amide bonds. The minimum atomic E-state index is -0.155. The maximum Gasteiger partial charge on any atom is 0.234 e. The lowest BCUT2D eigenvalue weighted by Crippen LogP contribution is -2.15. The maximum atomic E-state index is 12.3. The number of nitrogens with one attached hydrogen (secondary N) is 1. The molecule has 0 aliphatic rings. The van der Waals surface area contributed by atoms with Crippen molar-refractivity contribution in [2.45, 2.75) is 5.16 Å². The van der Waals surface area contributed by atoms with Crippen LogP contribution in [-0.2, 0) is 11.8 Å². The van der Waals surface area contributed by atoms with Gasteiger partial charge in [0, 0.05) is 16.9 Å². The Kier molecular flexibility index (Phi) is 5.59. The number of benzene rings is 2. The van der Waals surface area contributed by atoms with Crippen molar-refractivity contribution in [3.8, 4) is 17.3 Å². The van der Waals surface area contributed by atoms with Gasteiger partial charge in [0.1, 0.15) is 11.3 Å². The summed E-state index contributed by atoms with van der Waals surface area (Å²) in [6.07, 6.45) is 0. The third-order valence-electron chi connectivity index (χ3n) is 4.25. The number of methoxy groups -OCH3 is 1. The van der Waals surface area contributed by atoms with Crippen molar-refractivity contribution in [3.05, 3.63) is 53.0 Å². The van der Waals surface area contributed by atoms with Crippen LogP contribution in [0, 0.1) is 0 Å². The van der Waals surface area contributed by atoms with Crippen LogP contribution in [0.5, 0.6) is 5.75 Å². The van der Waals surface area contributed by atoms with Crippen molar-refractivity contribution in [1.29, 1.82) is 0 Å². The highest BCUT2D eigenvalue weighted by Gasteiger charge is 2.17. The monoisotopic (exact) mass is 472 g/mol. The molecule has 0 saturated carbocycles. The number of aromatic nitrogens is 3. The van der Waals surface area contributed by atoms with Gasteiger partial charge in [-0.3, -0.25) is 4.79 Å². The van der Waals surface area contributed by atoms with Crippen LogP contribution in [0.25, 0.3) is 22.6 Å². The molecule has 2 aromatic heterocycles. The summed E-state index contributed by atoms with van der Waals surface area (Å²) in [5, 5.41) is 12.9. The summed E-state index contributed by atoms with van der Waals surface area (Å²) in [4.78, 5) is 12.3. The van der Waals surface area contributed by atoms with E-state index in [-0.39, 0.29) is 11.7 Å². The van der Waals surface area contributed by atoms with Gasteiger partial charge in [-0.05, 0) is 36.4 Å². The van der Waals surface area contributed by atoms with Gasteiger partial charge in [0.05, 0.1) is 18.6 Å². The number of carbonyl (C=O) groups excluding carboxylic acids is 1. The fourth-order valence-corrected chi connectivity index (χ4v) is 3.93. The molecule has 148 valence electrons. The van der Waals surface area contributed by atoms with E-state index in [0.29, 0.717) is 28.2 Å². The van der Waals surface area contributed by atoms with Crippen LogP contribution in [0.4, 0.5) is 5.69 Å². The van der Waals surface area contributed by atoms with E-state index < -0.39 is 0 Å². The molecular formula is C20H17BrN4O3S. The van der Waals surface area contributed by atoms with Gasteiger partial charge < -0.3 is 19.0 Å². The molecule has 4 rings (SSSR count). The van der Waals surface area contributed by atoms with Crippen molar-refractivity contribution >= 4 is 50.3 Å². The topological polar surface area (TPSA) is 82.2 Å². The first-order chi connectivity index (χ1) is 14.0. The van der Waals surface area contributed by atoms with Gasteiger partial charge in [0.2, 0.25) is 5.91 Å². The predicted molar refractivity (Wildman–Crippen MR) is 116 cm³/mol. The lowest BCUT2D eigenvalue weighted by molar-refractivity contribution is -0.113. The molecule has 7 nitrogen and oxygen atoms in total. The SMILES string of the molecule is COc1ccccc1NC(=O)CSc1nnc(-c2cc3cc(Br)ccc3o2)n1C. The molecule has 0 unspecified atom stereocenters. The number of para-hydroxylation sites is 2. The van der Waals surface area contributed by atoms with Crippen molar-refractivity contribution in [1.82, 2.24) is 14.8 Å². The van der Waals surface area contributed by atoms with E-state index in [9.17, 15) is 4.79 Å². The number of nitrogens with zero attached hydrogens (tertiary/aromatic N) is 3. The zero-order valence-electron chi connectivity index (χ0n) is 15.7. The molecule has 9 heteroatoms. The summed E-state index contributed by atoms with van der Waals surface area (Å²) in [6.45, 7) is 0. The van der Waals surface area contributed by atoms with Gasteiger partial charge in [-0.1, -0.05) is 39.8 Å². The molecule has 29 heavy (non-hydrogen) atoms. The van der Waals surface area contributed by atoms with Crippen LogP contribution >= 0.6 is 27.7 Å². The van der Waals surface area contributed by atoms with Crippen LogP contribution in [-0.4, -0.2) is 33.5 Å². The first kappa shape index (κ1) is 19.5. The quantitative estimate of drug-likeness (QED) is 0.408.